The van der Waals surface area contributed by atoms with Gasteiger partial charge < -0.3 is 19.9 Å². The molecule has 2 N–H and O–H groups in total. The van der Waals surface area contributed by atoms with Crippen LogP contribution in [0.3, 0.4) is 0 Å². The number of carbonyl (C=O) groups is 1. The van der Waals surface area contributed by atoms with Crippen LogP contribution in [-0.2, 0) is 0 Å². The lowest BCUT2D eigenvalue weighted by atomic mass is 10.1. The minimum atomic E-state index is -0.227. The SMILES string of the molecule is COc1ccc(C(=O)NCC(C)CO)c(OC)c1. The van der Waals surface area contributed by atoms with Gasteiger partial charge in [0.25, 0.3) is 5.91 Å². The standard InChI is InChI=1S/C13H19NO4/c1-9(8-15)7-14-13(16)11-5-4-10(17-2)6-12(11)18-3/h4-6,9,15H,7-8H2,1-3H3,(H,14,16). The molecule has 1 atom stereocenters. The summed E-state index contributed by atoms with van der Waals surface area (Å²) in [5.41, 5.74) is 0.448. The molecule has 1 rings (SSSR count). The van der Waals surface area contributed by atoms with Crippen molar-refractivity contribution in [3.63, 3.8) is 0 Å². The van der Waals surface area contributed by atoms with Crippen LogP contribution >= 0.6 is 0 Å². The maximum absolute atomic E-state index is 11.9. The van der Waals surface area contributed by atoms with E-state index < -0.39 is 0 Å². The molecule has 0 bridgehead atoms. The Labute approximate surface area is 107 Å². The molecule has 0 aromatic heterocycles. The highest BCUT2D eigenvalue weighted by Crippen LogP contribution is 2.24. The van der Waals surface area contributed by atoms with E-state index in [1.165, 1.54) is 7.11 Å². The highest BCUT2D eigenvalue weighted by atomic mass is 16.5. The predicted octanol–water partition coefficient (Wildman–Crippen LogP) is 1.06. The number of aliphatic hydroxyl groups excluding tert-OH is 1. The molecule has 5 heteroatoms. The number of hydrogen-bond acceptors (Lipinski definition) is 4. The molecule has 0 aliphatic carbocycles. The lowest BCUT2D eigenvalue weighted by Crippen LogP contribution is -2.29. The lowest BCUT2D eigenvalue weighted by Gasteiger charge is -2.12. The highest BCUT2D eigenvalue weighted by Gasteiger charge is 2.13. The average Bonchev–Trinajstić information content (AvgIpc) is 2.43. The van der Waals surface area contributed by atoms with Crippen molar-refractivity contribution in [2.45, 2.75) is 6.92 Å². The fourth-order valence-corrected chi connectivity index (χ4v) is 1.41. The van der Waals surface area contributed by atoms with Crippen LogP contribution in [0, 0.1) is 5.92 Å². The van der Waals surface area contributed by atoms with Crippen molar-refractivity contribution >= 4 is 5.91 Å². The number of benzene rings is 1. The summed E-state index contributed by atoms with van der Waals surface area (Å²) in [6.45, 7) is 2.32. The summed E-state index contributed by atoms with van der Waals surface area (Å²) in [4.78, 5) is 11.9. The summed E-state index contributed by atoms with van der Waals surface area (Å²) in [5.74, 6) is 0.892. The molecule has 0 saturated heterocycles. The number of ether oxygens (including phenoxy) is 2. The molecule has 1 aromatic rings. The van der Waals surface area contributed by atoms with Crippen LogP contribution in [0.25, 0.3) is 0 Å². The van der Waals surface area contributed by atoms with Crippen molar-refractivity contribution in [3.8, 4) is 11.5 Å². The zero-order chi connectivity index (χ0) is 13.5. The molecule has 0 fully saturated rings. The van der Waals surface area contributed by atoms with Gasteiger partial charge in [-0.1, -0.05) is 6.92 Å². The average molecular weight is 253 g/mol. The quantitative estimate of drug-likeness (QED) is 0.795. The summed E-state index contributed by atoms with van der Waals surface area (Å²) < 4.78 is 10.2. The van der Waals surface area contributed by atoms with Crippen LogP contribution in [0.4, 0.5) is 0 Å². The predicted molar refractivity (Wildman–Crippen MR) is 68.1 cm³/mol. The number of rotatable bonds is 6. The van der Waals surface area contributed by atoms with Gasteiger partial charge in [-0.2, -0.15) is 0 Å². The number of aliphatic hydroxyl groups is 1. The summed E-state index contributed by atoms with van der Waals surface area (Å²) in [6.07, 6.45) is 0. The van der Waals surface area contributed by atoms with Crippen molar-refractivity contribution < 1.29 is 19.4 Å². The second-order valence-electron chi connectivity index (χ2n) is 4.06. The molecular weight excluding hydrogens is 234 g/mol. The zero-order valence-electron chi connectivity index (χ0n) is 10.9. The Bertz CT molecular complexity index is 406. The van der Waals surface area contributed by atoms with E-state index in [-0.39, 0.29) is 18.4 Å². The number of carbonyl (C=O) groups excluding carboxylic acids is 1. The van der Waals surface area contributed by atoms with Gasteiger partial charge in [0.15, 0.2) is 0 Å². The molecule has 18 heavy (non-hydrogen) atoms. The largest absolute Gasteiger partial charge is 0.497 e. The highest BCUT2D eigenvalue weighted by molar-refractivity contribution is 5.97. The zero-order valence-corrected chi connectivity index (χ0v) is 10.9. The monoisotopic (exact) mass is 253 g/mol. The molecule has 0 aliphatic rings. The Morgan fingerprint density at radius 3 is 2.67 bits per heavy atom. The van der Waals surface area contributed by atoms with Gasteiger partial charge in [-0.15, -0.1) is 0 Å². The first kappa shape index (κ1) is 14.3. The number of hydrogen-bond donors (Lipinski definition) is 2. The van der Waals surface area contributed by atoms with E-state index in [0.717, 1.165) is 0 Å². The van der Waals surface area contributed by atoms with Gasteiger partial charge in [0.2, 0.25) is 0 Å². The van der Waals surface area contributed by atoms with Crippen LogP contribution in [0.2, 0.25) is 0 Å². The van der Waals surface area contributed by atoms with Gasteiger partial charge in [0.1, 0.15) is 11.5 Å². The van der Waals surface area contributed by atoms with E-state index in [9.17, 15) is 4.79 Å². The maximum Gasteiger partial charge on any atom is 0.255 e. The molecule has 1 aromatic carbocycles. The molecule has 0 heterocycles. The maximum atomic E-state index is 11.9. The topological polar surface area (TPSA) is 67.8 Å². The molecule has 0 aliphatic heterocycles. The van der Waals surface area contributed by atoms with Crippen LogP contribution in [0.5, 0.6) is 11.5 Å². The Balaban J connectivity index is 2.78. The van der Waals surface area contributed by atoms with Gasteiger partial charge in [0, 0.05) is 19.2 Å². The molecule has 0 saturated carbocycles. The minimum absolute atomic E-state index is 0.0261. The molecule has 100 valence electrons. The molecule has 0 spiro atoms. The van der Waals surface area contributed by atoms with Crippen molar-refractivity contribution in [3.05, 3.63) is 23.8 Å². The first-order valence-corrected chi connectivity index (χ1v) is 5.73. The van der Waals surface area contributed by atoms with Gasteiger partial charge in [-0.3, -0.25) is 4.79 Å². The first-order chi connectivity index (χ1) is 8.62. The van der Waals surface area contributed by atoms with Crippen molar-refractivity contribution in [1.29, 1.82) is 0 Å². The molecule has 0 radical (unpaired) electrons. The fourth-order valence-electron chi connectivity index (χ4n) is 1.41. The number of methoxy groups -OCH3 is 2. The van der Waals surface area contributed by atoms with Gasteiger partial charge in [-0.25, -0.2) is 0 Å². The summed E-state index contributed by atoms with van der Waals surface area (Å²) in [7, 11) is 3.05. The van der Waals surface area contributed by atoms with Crippen molar-refractivity contribution in [2.24, 2.45) is 5.92 Å². The third-order valence-corrected chi connectivity index (χ3v) is 2.58. The van der Waals surface area contributed by atoms with Gasteiger partial charge in [0.05, 0.1) is 19.8 Å². The third kappa shape index (κ3) is 3.63. The molecule has 1 amide bonds. The fraction of sp³-hybridized carbons (Fsp3) is 0.462. The van der Waals surface area contributed by atoms with Crippen LogP contribution in [0.1, 0.15) is 17.3 Å². The second-order valence-corrected chi connectivity index (χ2v) is 4.06. The summed E-state index contributed by atoms with van der Waals surface area (Å²) in [5, 5.41) is 11.6. The third-order valence-electron chi connectivity index (χ3n) is 2.58. The summed E-state index contributed by atoms with van der Waals surface area (Å²) in [6, 6.07) is 5.01. The van der Waals surface area contributed by atoms with Gasteiger partial charge in [-0.05, 0) is 18.1 Å². The minimum Gasteiger partial charge on any atom is -0.497 e. The Morgan fingerprint density at radius 1 is 1.39 bits per heavy atom. The normalized spacial score (nSPS) is 11.8. The number of amides is 1. The molecular formula is C13H19NO4. The van der Waals surface area contributed by atoms with Crippen LogP contribution < -0.4 is 14.8 Å². The van der Waals surface area contributed by atoms with E-state index in [1.54, 1.807) is 25.3 Å². The van der Waals surface area contributed by atoms with Gasteiger partial charge >= 0.3 is 0 Å². The summed E-state index contributed by atoms with van der Waals surface area (Å²) >= 11 is 0. The van der Waals surface area contributed by atoms with E-state index >= 15 is 0 Å². The van der Waals surface area contributed by atoms with E-state index in [1.807, 2.05) is 6.92 Å². The second kappa shape index (κ2) is 6.86. The Kier molecular flexibility index (Phi) is 5.45. The van der Waals surface area contributed by atoms with E-state index in [0.29, 0.717) is 23.6 Å². The van der Waals surface area contributed by atoms with Crippen LogP contribution in [-0.4, -0.2) is 38.4 Å². The Morgan fingerprint density at radius 2 is 2.11 bits per heavy atom. The lowest BCUT2D eigenvalue weighted by molar-refractivity contribution is 0.0939. The smallest absolute Gasteiger partial charge is 0.255 e. The van der Waals surface area contributed by atoms with Crippen molar-refractivity contribution in [2.75, 3.05) is 27.4 Å². The van der Waals surface area contributed by atoms with E-state index in [4.69, 9.17) is 14.6 Å². The van der Waals surface area contributed by atoms with E-state index in [2.05, 4.69) is 5.32 Å². The molecule has 5 nitrogen and oxygen atoms in total. The molecule has 1 unspecified atom stereocenters. The Hall–Kier alpha value is -1.75. The van der Waals surface area contributed by atoms with Crippen molar-refractivity contribution in [1.82, 2.24) is 5.32 Å². The first-order valence-electron chi connectivity index (χ1n) is 5.73. The van der Waals surface area contributed by atoms with Crippen LogP contribution in [0.15, 0.2) is 18.2 Å². The number of nitrogens with one attached hydrogen (secondary N) is 1.